The van der Waals surface area contributed by atoms with Crippen LogP contribution in [-0.2, 0) is 10.2 Å². The highest BCUT2D eigenvalue weighted by Crippen LogP contribution is 2.56. The lowest BCUT2D eigenvalue weighted by Gasteiger charge is -2.40. The Bertz CT molecular complexity index is 1180. The highest BCUT2D eigenvalue weighted by molar-refractivity contribution is 5.75. The number of pyridine rings is 1. The first kappa shape index (κ1) is 23.3. The van der Waals surface area contributed by atoms with Gasteiger partial charge in [-0.2, -0.15) is 5.26 Å². The van der Waals surface area contributed by atoms with Crippen molar-refractivity contribution in [3.63, 3.8) is 0 Å². The van der Waals surface area contributed by atoms with E-state index in [0.717, 1.165) is 43.3 Å². The molecule has 5 rings (SSSR count). The number of carbonyl (C=O) groups is 1. The first-order valence-electron chi connectivity index (χ1n) is 12.3. The molecule has 0 unspecified atom stereocenters. The maximum atomic E-state index is 12.7. The average Bonchev–Trinajstić information content (AvgIpc) is 3.36. The quantitative estimate of drug-likeness (QED) is 0.653. The van der Waals surface area contributed by atoms with Gasteiger partial charge in [-0.05, 0) is 59.1 Å². The second-order valence-corrected chi connectivity index (χ2v) is 11.1. The van der Waals surface area contributed by atoms with E-state index in [1.165, 1.54) is 12.0 Å². The fourth-order valence-corrected chi connectivity index (χ4v) is 5.62. The summed E-state index contributed by atoms with van der Waals surface area (Å²) in [6.07, 6.45) is 7.20. The van der Waals surface area contributed by atoms with Crippen molar-refractivity contribution in [2.75, 3.05) is 29.9 Å². The number of hydrogen-bond acceptors (Lipinski definition) is 8. The zero-order valence-electron chi connectivity index (χ0n) is 21.2. The smallest absolute Gasteiger partial charge is 0.410 e. The van der Waals surface area contributed by atoms with E-state index in [-0.39, 0.29) is 23.6 Å². The summed E-state index contributed by atoms with van der Waals surface area (Å²) in [5, 5.41) is 9.38. The molecule has 35 heavy (non-hydrogen) atoms. The van der Waals surface area contributed by atoms with E-state index in [0.29, 0.717) is 12.1 Å². The Morgan fingerprint density at radius 1 is 1.26 bits per heavy atom. The normalized spacial score (nSPS) is 22.5. The van der Waals surface area contributed by atoms with Gasteiger partial charge in [0.05, 0.1) is 17.7 Å². The van der Waals surface area contributed by atoms with Gasteiger partial charge in [-0.3, -0.25) is 0 Å². The first-order chi connectivity index (χ1) is 16.6. The molecule has 0 bridgehead atoms. The number of fused-ring (bicyclic) bond motifs is 2. The van der Waals surface area contributed by atoms with Gasteiger partial charge in [-0.1, -0.05) is 6.42 Å². The van der Waals surface area contributed by atoms with Gasteiger partial charge in [0, 0.05) is 43.4 Å². The molecule has 4 heterocycles. The van der Waals surface area contributed by atoms with Crippen LogP contribution in [0.15, 0.2) is 24.7 Å². The van der Waals surface area contributed by atoms with Crippen molar-refractivity contribution < 1.29 is 9.53 Å². The Balaban J connectivity index is 1.47. The Kier molecular flexibility index (Phi) is 5.58. The van der Waals surface area contributed by atoms with Crippen LogP contribution in [0, 0.1) is 11.3 Å². The monoisotopic (exact) mass is 475 g/mol. The van der Waals surface area contributed by atoms with Crippen molar-refractivity contribution in [3.8, 4) is 6.07 Å². The summed E-state index contributed by atoms with van der Waals surface area (Å²) >= 11 is 0. The average molecular weight is 476 g/mol. The lowest BCUT2D eigenvalue weighted by atomic mass is 9.66. The fraction of sp³-hybridized carbons (Fsp3) is 0.577. The van der Waals surface area contributed by atoms with Crippen LogP contribution in [-0.4, -0.2) is 63.8 Å². The lowest BCUT2D eigenvalue weighted by molar-refractivity contribution is 0.0236. The molecule has 2 aromatic heterocycles. The topological polar surface area (TPSA) is 98.5 Å². The number of rotatable bonds is 3. The van der Waals surface area contributed by atoms with E-state index in [4.69, 9.17) is 14.7 Å². The second kappa shape index (κ2) is 8.36. The molecule has 1 aliphatic carbocycles. The molecule has 1 spiro atoms. The largest absolute Gasteiger partial charge is 0.444 e. The molecule has 0 radical (unpaired) electrons. The van der Waals surface area contributed by atoms with Gasteiger partial charge < -0.3 is 19.4 Å². The summed E-state index contributed by atoms with van der Waals surface area (Å²) in [5.41, 5.74) is 1.23. The number of nitrogens with zero attached hydrogens (tertiary/aromatic N) is 7. The molecule has 2 atom stereocenters. The highest BCUT2D eigenvalue weighted by Gasteiger charge is 2.52. The number of anilines is 3. The third-order valence-electron chi connectivity index (χ3n) is 7.57. The van der Waals surface area contributed by atoms with Crippen LogP contribution in [0.2, 0.25) is 0 Å². The molecule has 9 nitrogen and oxygen atoms in total. The molecule has 0 N–H and O–H groups in total. The molecular weight excluding hydrogens is 442 g/mol. The van der Waals surface area contributed by atoms with Crippen molar-refractivity contribution in [3.05, 3.63) is 35.8 Å². The van der Waals surface area contributed by atoms with Crippen LogP contribution in [0.1, 0.15) is 64.5 Å². The molecule has 2 fully saturated rings. The minimum atomic E-state index is -0.528. The Morgan fingerprint density at radius 3 is 2.66 bits per heavy atom. The summed E-state index contributed by atoms with van der Waals surface area (Å²) in [6, 6.07) is 6.02. The van der Waals surface area contributed by atoms with Crippen LogP contribution >= 0.6 is 0 Å². The second-order valence-electron chi connectivity index (χ2n) is 11.1. The lowest BCUT2D eigenvalue weighted by Crippen LogP contribution is -2.43. The van der Waals surface area contributed by atoms with Gasteiger partial charge in [-0.25, -0.2) is 19.7 Å². The SMILES string of the molecule is C[C@@H]1C[C@@H](N(C)C(=O)OC(C)(C)C)CN1c1ncnc2c1C1(CCC1)CN2c1cc(C#N)ccn1. The zero-order chi connectivity index (χ0) is 25.0. The first-order valence-corrected chi connectivity index (χ1v) is 12.3. The molecule has 184 valence electrons. The van der Waals surface area contributed by atoms with E-state index >= 15 is 0 Å². The molecule has 2 aliphatic heterocycles. The van der Waals surface area contributed by atoms with Crippen LogP contribution in [0.4, 0.5) is 22.2 Å². The van der Waals surface area contributed by atoms with Gasteiger partial charge in [0.15, 0.2) is 0 Å². The van der Waals surface area contributed by atoms with Gasteiger partial charge in [0.1, 0.15) is 29.4 Å². The fourth-order valence-electron chi connectivity index (χ4n) is 5.62. The maximum absolute atomic E-state index is 12.7. The summed E-state index contributed by atoms with van der Waals surface area (Å²) in [7, 11) is 1.82. The van der Waals surface area contributed by atoms with E-state index in [1.54, 1.807) is 23.5 Å². The molecular formula is C26H33N7O2. The summed E-state index contributed by atoms with van der Waals surface area (Å²) in [4.78, 5) is 33.0. The third-order valence-corrected chi connectivity index (χ3v) is 7.57. The van der Waals surface area contributed by atoms with Crippen LogP contribution in [0.5, 0.6) is 0 Å². The van der Waals surface area contributed by atoms with Crippen molar-refractivity contribution in [2.45, 2.75) is 76.5 Å². The molecule has 0 aromatic carbocycles. The molecule has 3 aliphatic rings. The Labute approximate surface area is 206 Å². The van der Waals surface area contributed by atoms with Gasteiger partial charge >= 0.3 is 6.09 Å². The number of carbonyl (C=O) groups excluding carboxylic acids is 1. The van der Waals surface area contributed by atoms with Crippen LogP contribution in [0.25, 0.3) is 0 Å². The predicted molar refractivity (Wildman–Crippen MR) is 133 cm³/mol. The standard InChI is InChI=1S/C26H33N7O2/c1-17-11-19(31(5)24(34)35-25(2,3)4)14-32(17)22-21-23(30-16-29-22)33(15-26(21)8-6-9-26)20-12-18(13-27)7-10-28-20/h7,10,12,16-17,19H,6,8-9,11,14-15H2,1-5H3/t17-,19-/m1/s1. The Hall–Kier alpha value is -3.41. The van der Waals surface area contributed by atoms with E-state index in [1.807, 2.05) is 33.9 Å². The number of amides is 1. The van der Waals surface area contributed by atoms with Crippen molar-refractivity contribution in [2.24, 2.45) is 0 Å². The van der Waals surface area contributed by atoms with Crippen LogP contribution < -0.4 is 9.80 Å². The molecule has 2 aromatic rings. The summed E-state index contributed by atoms with van der Waals surface area (Å²) in [6.45, 7) is 9.33. The third kappa shape index (κ3) is 4.05. The Morgan fingerprint density at radius 2 is 2.00 bits per heavy atom. The predicted octanol–water partition coefficient (Wildman–Crippen LogP) is 4.15. The van der Waals surface area contributed by atoms with E-state index in [2.05, 4.69) is 27.8 Å². The number of nitriles is 1. The zero-order valence-corrected chi connectivity index (χ0v) is 21.2. The summed E-state index contributed by atoms with van der Waals surface area (Å²) in [5.74, 6) is 2.59. The summed E-state index contributed by atoms with van der Waals surface area (Å²) < 4.78 is 5.61. The molecule has 1 amide bonds. The minimum Gasteiger partial charge on any atom is -0.444 e. The molecule has 9 heteroatoms. The van der Waals surface area contributed by atoms with Gasteiger partial charge in [0.25, 0.3) is 0 Å². The number of likely N-dealkylation sites (N-methyl/N-ethyl adjacent to an activating group) is 1. The van der Waals surface area contributed by atoms with Gasteiger partial charge in [-0.15, -0.1) is 0 Å². The van der Waals surface area contributed by atoms with Crippen LogP contribution in [0.3, 0.4) is 0 Å². The number of hydrogen-bond donors (Lipinski definition) is 0. The molecule has 1 saturated carbocycles. The van der Waals surface area contributed by atoms with Crippen molar-refractivity contribution in [1.29, 1.82) is 5.26 Å². The van der Waals surface area contributed by atoms with Crippen molar-refractivity contribution >= 4 is 23.5 Å². The number of aromatic nitrogens is 3. The van der Waals surface area contributed by atoms with Gasteiger partial charge in [0.2, 0.25) is 0 Å². The van der Waals surface area contributed by atoms with Crippen molar-refractivity contribution in [1.82, 2.24) is 19.9 Å². The maximum Gasteiger partial charge on any atom is 0.410 e. The van der Waals surface area contributed by atoms with E-state index in [9.17, 15) is 10.1 Å². The molecule has 1 saturated heterocycles. The number of ether oxygens (including phenoxy) is 1. The van der Waals surface area contributed by atoms with E-state index < -0.39 is 5.60 Å². The highest BCUT2D eigenvalue weighted by atomic mass is 16.6. The minimum absolute atomic E-state index is 0.00880.